The fraction of sp³-hybridized carbons (Fsp3) is 0.417. The number of amides is 2. The molecule has 2 aromatic rings. The second-order valence-electron chi connectivity index (χ2n) is 7.88. The van der Waals surface area contributed by atoms with Crippen LogP contribution in [0, 0.1) is 0 Å². The Morgan fingerprint density at radius 1 is 1.00 bits per heavy atom. The first-order valence-electron chi connectivity index (χ1n) is 10.8. The Morgan fingerprint density at radius 3 is 2.27 bits per heavy atom. The predicted molar refractivity (Wildman–Crippen MR) is 127 cm³/mol. The summed E-state index contributed by atoms with van der Waals surface area (Å²) in [6.07, 6.45) is 0. The predicted octanol–water partition coefficient (Wildman–Crippen LogP) is 1.90. The molecule has 1 aliphatic heterocycles. The van der Waals surface area contributed by atoms with Gasteiger partial charge in [-0.3, -0.25) is 14.5 Å². The average Bonchev–Trinajstić information content (AvgIpc) is 2.84. The minimum Gasteiger partial charge on any atom is -0.493 e. The van der Waals surface area contributed by atoms with E-state index >= 15 is 0 Å². The van der Waals surface area contributed by atoms with Gasteiger partial charge in [0.15, 0.2) is 11.5 Å². The Hall–Kier alpha value is -3.30. The Morgan fingerprint density at radius 2 is 1.67 bits per heavy atom. The van der Waals surface area contributed by atoms with Gasteiger partial charge >= 0.3 is 11.8 Å². The summed E-state index contributed by atoms with van der Waals surface area (Å²) in [4.78, 5) is 29.3. The number of benzene rings is 2. The van der Waals surface area contributed by atoms with Crippen LogP contribution in [-0.4, -0.2) is 77.9 Å². The van der Waals surface area contributed by atoms with Crippen molar-refractivity contribution in [3.8, 4) is 11.5 Å². The maximum Gasteiger partial charge on any atom is 0.313 e. The number of nitrogens with zero attached hydrogens (tertiary/aromatic N) is 2. The van der Waals surface area contributed by atoms with Crippen molar-refractivity contribution >= 4 is 23.2 Å². The normalized spacial score (nSPS) is 14.8. The van der Waals surface area contributed by atoms with E-state index < -0.39 is 11.8 Å². The van der Waals surface area contributed by atoms with Crippen LogP contribution in [0.1, 0.15) is 11.6 Å². The van der Waals surface area contributed by atoms with E-state index in [-0.39, 0.29) is 6.04 Å². The summed E-state index contributed by atoms with van der Waals surface area (Å²) in [6, 6.07) is 13.1. The molecule has 0 aliphatic carbocycles. The van der Waals surface area contributed by atoms with Gasteiger partial charge in [-0.25, -0.2) is 0 Å². The van der Waals surface area contributed by atoms with Gasteiger partial charge in [0.2, 0.25) is 0 Å². The van der Waals surface area contributed by atoms with Crippen LogP contribution >= 0.6 is 0 Å². The highest BCUT2D eigenvalue weighted by molar-refractivity contribution is 6.39. The minimum absolute atomic E-state index is 0.0667. The van der Waals surface area contributed by atoms with Gasteiger partial charge in [-0.2, -0.15) is 0 Å². The zero-order chi connectivity index (χ0) is 23.8. The molecule has 0 saturated carbocycles. The van der Waals surface area contributed by atoms with Crippen LogP contribution in [0.15, 0.2) is 42.5 Å². The topological polar surface area (TPSA) is 92.4 Å². The summed E-state index contributed by atoms with van der Waals surface area (Å²) in [5, 5.41) is 5.39. The van der Waals surface area contributed by atoms with Gasteiger partial charge < -0.3 is 29.7 Å². The van der Waals surface area contributed by atoms with E-state index in [9.17, 15) is 9.59 Å². The van der Waals surface area contributed by atoms with Crippen LogP contribution < -0.4 is 25.0 Å². The zero-order valence-electron chi connectivity index (χ0n) is 19.6. The van der Waals surface area contributed by atoms with E-state index in [0.29, 0.717) is 36.9 Å². The summed E-state index contributed by atoms with van der Waals surface area (Å²) in [7, 11) is 7.02. The third-order valence-electron chi connectivity index (χ3n) is 5.58. The highest BCUT2D eigenvalue weighted by Crippen LogP contribution is 2.29. The van der Waals surface area contributed by atoms with Crippen LogP contribution in [0.2, 0.25) is 0 Å². The molecule has 1 saturated heterocycles. The summed E-state index contributed by atoms with van der Waals surface area (Å²) in [6.45, 7) is 3.10. The lowest BCUT2D eigenvalue weighted by Crippen LogP contribution is -2.45. The van der Waals surface area contributed by atoms with Gasteiger partial charge in [0.05, 0.1) is 33.5 Å². The SMILES string of the molecule is COc1ccc(NC(=O)C(=O)NC[C@@H](c2ccc(N(C)C)cc2)N2CCOCC2)cc1OC. The molecule has 178 valence electrons. The summed E-state index contributed by atoms with van der Waals surface area (Å²) < 4.78 is 15.9. The van der Waals surface area contributed by atoms with Crippen molar-refractivity contribution in [3.63, 3.8) is 0 Å². The first-order chi connectivity index (χ1) is 15.9. The number of rotatable bonds is 8. The number of carbonyl (C=O) groups excluding carboxylic acids is 2. The fourth-order valence-corrected chi connectivity index (χ4v) is 3.71. The smallest absolute Gasteiger partial charge is 0.313 e. The number of morpholine rings is 1. The Labute approximate surface area is 194 Å². The van der Waals surface area contributed by atoms with E-state index in [0.717, 1.165) is 24.3 Å². The minimum atomic E-state index is -0.745. The van der Waals surface area contributed by atoms with Crippen molar-refractivity contribution in [3.05, 3.63) is 48.0 Å². The summed E-state index contributed by atoms with van der Waals surface area (Å²) in [5.41, 5.74) is 2.61. The molecule has 0 spiro atoms. The first-order valence-corrected chi connectivity index (χ1v) is 10.8. The van der Waals surface area contributed by atoms with Crippen LogP contribution in [0.4, 0.5) is 11.4 Å². The van der Waals surface area contributed by atoms with E-state index in [1.807, 2.05) is 31.1 Å². The first kappa shape index (κ1) is 24.3. The van der Waals surface area contributed by atoms with Gasteiger partial charge in [0, 0.05) is 51.2 Å². The molecule has 2 N–H and O–H groups in total. The maximum absolute atomic E-state index is 12.6. The van der Waals surface area contributed by atoms with Crippen molar-refractivity contribution in [2.75, 3.05) is 71.4 Å². The van der Waals surface area contributed by atoms with Gasteiger partial charge in [0.1, 0.15) is 0 Å². The molecule has 0 bridgehead atoms. The van der Waals surface area contributed by atoms with Crippen molar-refractivity contribution in [1.29, 1.82) is 0 Å². The number of anilines is 2. The summed E-state index contributed by atoms with van der Waals surface area (Å²) >= 11 is 0. The summed E-state index contributed by atoms with van der Waals surface area (Å²) in [5.74, 6) is -0.447. The molecule has 0 radical (unpaired) electrons. The monoisotopic (exact) mass is 456 g/mol. The molecule has 9 heteroatoms. The highest BCUT2D eigenvalue weighted by Gasteiger charge is 2.25. The standard InChI is InChI=1S/C24H32N4O5/c1-27(2)19-8-5-17(6-9-19)20(28-11-13-33-14-12-28)16-25-23(29)24(30)26-18-7-10-21(31-3)22(15-18)32-4/h5-10,15,20H,11-14,16H2,1-4H3,(H,25,29)(H,26,30)/t20-/m0/s1. The number of carbonyl (C=O) groups is 2. The quantitative estimate of drug-likeness (QED) is 0.586. The lowest BCUT2D eigenvalue weighted by molar-refractivity contribution is -0.136. The van der Waals surface area contributed by atoms with Gasteiger partial charge in [-0.05, 0) is 29.8 Å². The van der Waals surface area contributed by atoms with E-state index in [1.165, 1.54) is 14.2 Å². The third kappa shape index (κ3) is 6.36. The zero-order valence-corrected chi connectivity index (χ0v) is 19.6. The molecular formula is C24H32N4O5. The van der Waals surface area contributed by atoms with E-state index in [4.69, 9.17) is 14.2 Å². The molecule has 1 atom stereocenters. The molecule has 2 amide bonds. The molecular weight excluding hydrogens is 424 g/mol. The molecule has 3 rings (SSSR count). The maximum atomic E-state index is 12.6. The van der Waals surface area contributed by atoms with Crippen molar-refractivity contribution in [2.24, 2.45) is 0 Å². The second-order valence-corrected chi connectivity index (χ2v) is 7.88. The van der Waals surface area contributed by atoms with Gasteiger partial charge in [0.25, 0.3) is 0 Å². The van der Waals surface area contributed by atoms with E-state index in [2.05, 4.69) is 27.7 Å². The molecule has 33 heavy (non-hydrogen) atoms. The number of ether oxygens (including phenoxy) is 3. The van der Waals surface area contributed by atoms with Crippen LogP contribution in [0.25, 0.3) is 0 Å². The van der Waals surface area contributed by atoms with Gasteiger partial charge in [-0.15, -0.1) is 0 Å². The third-order valence-corrected chi connectivity index (χ3v) is 5.58. The number of nitrogens with one attached hydrogen (secondary N) is 2. The average molecular weight is 457 g/mol. The largest absolute Gasteiger partial charge is 0.493 e. The van der Waals surface area contributed by atoms with Crippen molar-refractivity contribution in [2.45, 2.75) is 6.04 Å². The molecule has 2 aromatic carbocycles. The molecule has 1 heterocycles. The fourth-order valence-electron chi connectivity index (χ4n) is 3.71. The molecule has 1 fully saturated rings. The van der Waals surface area contributed by atoms with Crippen LogP contribution in [-0.2, 0) is 14.3 Å². The Kier molecular flexibility index (Phi) is 8.51. The highest BCUT2D eigenvalue weighted by atomic mass is 16.5. The van der Waals surface area contributed by atoms with Crippen LogP contribution in [0.3, 0.4) is 0 Å². The second kappa shape index (κ2) is 11.5. The Bertz CT molecular complexity index is 942. The lowest BCUT2D eigenvalue weighted by Gasteiger charge is -2.35. The van der Waals surface area contributed by atoms with Crippen LogP contribution in [0.5, 0.6) is 11.5 Å². The number of methoxy groups -OCH3 is 2. The lowest BCUT2D eigenvalue weighted by atomic mass is 10.0. The molecule has 9 nitrogen and oxygen atoms in total. The molecule has 0 unspecified atom stereocenters. The van der Waals surface area contributed by atoms with Gasteiger partial charge in [-0.1, -0.05) is 12.1 Å². The molecule has 1 aliphatic rings. The van der Waals surface area contributed by atoms with Crippen molar-refractivity contribution in [1.82, 2.24) is 10.2 Å². The molecule has 0 aromatic heterocycles. The van der Waals surface area contributed by atoms with E-state index in [1.54, 1.807) is 18.2 Å². The van der Waals surface area contributed by atoms with Crippen molar-refractivity contribution < 1.29 is 23.8 Å². The number of hydrogen-bond donors (Lipinski definition) is 2. The number of hydrogen-bond acceptors (Lipinski definition) is 7. The Balaban J connectivity index is 1.66.